The number of nitrogens with zero attached hydrogens (tertiary/aromatic N) is 2. The van der Waals surface area contributed by atoms with Crippen molar-refractivity contribution >= 4 is 38.4 Å². The van der Waals surface area contributed by atoms with Crippen LogP contribution in [0.2, 0.25) is 0 Å². The van der Waals surface area contributed by atoms with Gasteiger partial charge in [-0.2, -0.15) is 43.5 Å². The van der Waals surface area contributed by atoms with E-state index in [1.807, 2.05) is 0 Å². The zero-order valence-electron chi connectivity index (χ0n) is 13.8. The van der Waals surface area contributed by atoms with Gasteiger partial charge in [-0.1, -0.05) is 13.8 Å². The minimum atomic E-state index is -6.49. The SMILES string of the molecule is CC(C)/C(=N\S(=O)(=O)C(F)(F)C(F)(F)OC(F)(F)C(F)(F)I)N1CCCC1. The lowest BCUT2D eigenvalue weighted by molar-refractivity contribution is -0.438. The fourth-order valence-corrected chi connectivity index (χ4v) is 3.22. The van der Waals surface area contributed by atoms with Crippen LogP contribution in [-0.2, 0) is 14.8 Å². The van der Waals surface area contributed by atoms with Gasteiger partial charge >= 0.3 is 31.4 Å². The van der Waals surface area contributed by atoms with Crippen molar-refractivity contribution in [1.82, 2.24) is 4.90 Å². The molecule has 0 bridgehead atoms. The molecule has 5 nitrogen and oxygen atoms in total. The molecule has 0 aromatic heterocycles. The normalized spacial score (nSPS) is 18.5. The summed E-state index contributed by atoms with van der Waals surface area (Å²) in [5, 5.41) is -6.33. The Balaban J connectivity index is 3.31. The first-order valence-electron chi connectivity index (χ1n) is 7.35. The molecule has 27 heavy (non-hydrogen) atoms. The van der Waals surface area contributed by atoms with Crippen molar-refractivity contribution in [2.45, 2.75) is 48.1 Å². The number of likely N-dealkylation sites (tertiary alicyclic amines) is 1. The summed E-state index contributed by atoms with van der Waals surface area (Å²) in [4.78, 5) is 1.27. The molecule has 1 saturated heterocycles. The van der Waals surface area contributed by atoms with E-state index in [1.54, 1.807) is 0 Å². The first-order valence-corrected chi connectivity index (χ1v) is 9.87. The van der Waals surface area contributed by atoms with Crippen LogP contribution < -0.4 is 0 Å². The molecule has 160 valence electrons. The smallest absolute Gasteiger partial charge is 0.359 e. The van der Waals surface area contributed by atoms with E-state index in [9.17, 15) is 43.5 Å². The van der Waals surface area contributed by atoms with Crippen molar-refractivity contribution < 1.29 is 48.3 Å². The molecule has 15 heteroatoms. The number of amidine groups is 1. The van der Waals surface area contributed by atoms with Crippen LogP contribution in [0.15, 0.2) is 4.40 Å². The average Bonchev–Trinajstić information content (AvgIpc) is 2.95. The summed E-state index contributed by atoms with van der Waals surface area (Å²) < 4.78 is 129. The van der Waals surface area contributed by atoms with Crippen LogP contribution in [0, 0.1) is 5.92 Å². The number of halogens is 9. The van der Waals surface area contributed by atoms with Gasteiger partial charge in [-0.3, -0.25) is 0 Å². The van der Waals surface area contributed by atoms with E-state index in [1.165, 1.54) is 18.7 Å². The highest BCUT2D eigenvalue weighted by Crippen LogP contribution is 2.49. The molecular formula is C12H15F8IN2O3S. The molecule has 0 unspecified atom stereocenters. The number of sulfonamides is 1. The van der Waals surface area contributed by atoms with Crippen LogP contribution in [0.3, 0.4) is 0 Å². The van der Waals surface area contributed by atoms with Crippen molar-refractivity contribution in [3.8, 4) is 0 Å². The third kappa shape index (κ3) is 5.13. The highest BCUT2D eigenvalue weighted by molar-refractivity contribution is 14.1. The largest absolute Gasteiger partial charge is 0.455 e. The van der Waals surface area contributed by atoms with E-state index in [0.717, 1.165) is 0 Å². The third-order valence-electron chi connectivity index (χ3n) is 3.41. The van der Waals surface area contributed by atoms with Gasteiger partial charge < -0.3 is 4.90 Å². The fourth-order valence-electron chi connectivity index (χ4n) is 2.08. The van der Waals surface area contributed by atoms with Gasteiger partial charge in [0.05, 0.1) is 0 Å². The number of rotatable bonds is 7. The van der Waals surface area contributed by atoms with Crippen molar-refractivity contribution in [3.05, 3.63) is 0 Å². The number of hydrogen-bond donors (Lipinski definition) is 0. The van der Waals surface area contributed by atoms with Crippen molar-refractivity contribution in [1.29, 1.82) is 0 Å². The second-order valence-electron chi connectivity index (χ2n) is 5.92. The predicted octanol–water partition coefficient (Wildman–Crippen LogP) is 4.29. The Labute approximate surface area is 163 Å². The third-order valence-corrected chi connectivity index (χ3v) is 5.35. The van der Waals surface area contributed by atoms with Crippen LogP contribution >= 0.6 is 22.6 Å². The zero-order chi connectivity index (χ0) is 21.5. The summed E-state index contributed by atoms with van der Waals surface area (Å²) in [6, 6.07) is 0. The van der Waals surface area contributed by atoms with Gasteiger partial charge in [0.2, 0.25) is 0 Å². The Morgan fingerprint density at radius 1 is 1.00 bits per heavy atom. The first kappa shape index (κ1) is 24.6. The van der Waals surface area contributed by atoms with Gasteiger partial charge in [-0.25, -0.2) is 4.74 Å². The molecule has 0 radical (unpaired) electrons. The number of hydrogen-bond acceptors (Lipinski definition) is 3. The van der Waals surface area contributed by atoms with Gasteiger partial charge in [-0.05, 0) is 12.8 Å². The minimum Gasteiger partial charge on any atom is -0.359 e. The van der Waals surface area contributed by atoms with Gasteiger partial charge in [0, 0.05) is 41.6 Å². The van der Waals surface area contributed by atoms with Crippen LogP contribution in [0.1, 0.15) is 26.7 Å². The Hall–Kier alpha value is -0.450. The molecule has 1 heterocycles. The lowest BCUT2D eigenvalue weighted by Gasteiger charge is -2.30. The molecule has 1 aliphatic rings. The Bertz CT molecular complexity index is 673. The Morgan fingerprint density at radius 3 is 1.81 bits per heavy atom. The molecule has 0 N–H and O–H groups in total. The van der Waals surface area contributed by atoms with Crippen LogP contribution in [0.5, 0.6) is 0 Å². The molecular weight excluding hydrogens is 531 g/mol. The molecule has 0 aliphatic carbocycles. The molecule has 0 spiro atoms. The summed E-state index contributed by atoms with van der Waals surface area (Å²) in [5.41, 5.74) is 0. The molecule has 1 rings (SSSR count). The van der Waals surface area contributed by atoms with Crippen LogP contribution in [0.4, 0.5) is 35.1 Å². The topological polar surface area (TPSA) is 59.0 Å². The van der Waals surface area contributed by atoms with Crippen molar-refractivity contribution in [3.63, 3.8) is 0 Å². The second-order valence-corrected chi connectivity index (χ2v) is 8.92. The van der Waals surface area contributed by atoms with E-state index in [0.29, 0.717) is 12.8 Å². The maximum absolute atomic E-state index is 13.8. The quantitative estimate of drug-likeness (QED) is 0.157. The minimum absolute atomic E-state index is 0.226. The van der Waals surface area contributed by atoms with Gasteiger partial charge in [-0.15, -0.1) is 4.40 Å². The van der Waals surface area contributed by atoms with Crippen molar-refractivity contribution in [2.24, 2.45) is 10.3 Å². The van der Waals surface area contributed by atoms with Gasteiger partial charge in [0.1, 0.15) is 5.84 Å². The molecule has 1 aliphatic heterocycles. The maximum atomic E-state index is 13.8. The van der Waals surface area contributed by atoms with E-state index < -0.39 is 43.2 Å². The maximum Gasteiger partial charge on any atom is 0.455 e. The van der Waals surface area contributed by atoms with E-state index in [4.69, 9.17) is 0 Å². The van der Waals surface area contributed by atoms with Gasteiger partial charge in [0.15, 0.2) is 0 Å². The second kappa shape index (κ2) is 7.76. The van der Waals surface area contributed by atoms with E-state index in [-0.39, 0.29) is 35.7 Å². The summed E-state index contributed by atoms with van der Waals surface area (Å²) in [5.74, 6) is -1.27. The molecule has 0 amide bonds. The first-order chi connectivity index (χ1) is 11.9. The summed E-state index contributed by atoms with van der Waals surface area (Å²) in [6.45, 7) is 3.16. The number of alkyl halides is 9. The Morgan fingerprint density at radius 2 is 1.44 bits per heavy atom. The van der Waals surface area contributed by atoms with Crippen LogP contribution in [0.25, 0.3) is 0 Å². The summed E-state index contributed by atoms with van der Waals surface area (Å²) >= 11 is -0.308. The monoisotopic (exact) mass is 546 g/mol. The molecule has 1 fully saturated rings. The summed E-state index contributed by atoms with van der Waals surface area (Å²) in [7, 11) is -6.46. The van der Waals surface area contributed by atoms with E-state index >= 15 is 0 Å². The molecule has 0 saturated carbocycles. The van der Waals surface area contributed by atoms with Crippen molar-refractivity contribution in [2.75, 3.05) is 13.1 Å². The summed E-state index contributed by atoms with van der Waals surface area (Å²) in [6.07, 6.45) is -11.4. The predicted molar refractivity (Wildman–Crippen MR) is 86.9 cm³/mol. The lowest BCUT2D eigenvalue weighted by atomic mass is 10.2. The molecule has 0 atom stereocenters. The fraction of sp³-hybridized carbons (Fsp3) is 0.917. The van der Waals surface area contributed by atoms with Crippen LogP contribution in [-0.4, -0.2) is 53.6 Å². The molecule has 0 aromatic rings. The highest BCUT2D eigenvalue weighted by atomic mass is 127. The average molecular weight is 546 g/mol. The number of ether oxygens (including phenoxy) is 1. The molecule has 0 aromatic carbocycles. The highest BCUT2D eigenvalue weighted by Gasteiger charge is 2.74. The van der Waals surface area contributed by atoms with Gasteiger partial charge in [0.25, 0.3) is 0 Å². The van der Waals surface area contributed by atoms with E-state index in [2.05, 4.69) is 9.13 Å². The zero-order valence-corrected chi connectivity index (χ0v) is 16.8. The lowest BCUT2D eigenvalue weighted by Crippen LogP contribution is -2.54. The Kier molecular flexibility index (Phi) is 7.07. The standard InChI is InChI=1S/C12H15F8IN2O3S/c1-7(2)8(23-5-3-4-6-23)22-27(24,25)12(19,20)11(17,18)26-10(15,16)9(13,14)21/h7H,3-6H2,1-2H3/b22-8+.